The molecule has 1 amide bonds. The summed E-state index contributed by atoms with van der Waals surface area (Å²) in [6.45, 7) is 3.60. The molecule has 41 heavy (non-hydrogen) atoms. The van der Waals surface area contributed by atoms with Gasteiger partial charge in [0.25, 0.3) is 5.91 Å². The van der Waals surface area contributed by atoms with E-state index in [1.54, 1.807) is 0 Å². The smallest absolute Gasteiger partial charge is 0.446 e. The first-order valence-corrected chi connectivity index (χ1v) is 14.3. The number of benzene rings is 2. The van der Waals surface area contributed by atoms with Crippen molar-refractivity contribution < 1.29 is 27.2 Å². The average molecular weight is 588 g/mol. The Hall–Kier alpha value is -3.57. The Kier molecular flexibility index (Phi) is 10.6. The third kappa shape index (κ3) is 8.96. The number of hydrogen-bond acceptors (Lipinski definition) is 7. The van der Waals surface area contributed by atoms with Crippen molar-refractivity contribution in [2.45, 2.75) is 49.1 Å². The first kappa shape index (κ1) is 30.4. The number of piperidine rings is 1. The minimum Gasteiger partial charge on any atom is -0.451 e. The highest BCUT2D eigenvalue weighted by Gasteiger charge is 2.29. The molecule has 0 saturated carbocycles. The summed E-state index contributed by atoms with van der Waals surface area (Å²) in [5.41, 5.74) is -1.35. The third-order valence-corrected chi connectivity index (χ3v) is 7.51. The molecule has 0 unspecified atom stereocenters. The van der Waals surface area contributed by atoms with Crippen molar-refractivity contribution in [1.29, 1.82) is 0 Å². The van der Waals surface area contributed by atoms with Gasteiger partial charge < -0.3 is 24.7 Å². The second-order valence-corrected chi connectivity index (χ2v) is 10.8. The monoisotopic (exact) mass is 587 g/mol. The molecule has 1 aliphatic heterocycles. The van der Waals surface area contributed by atoms with Crippen molar-refractivity contribution >= 4 is 40.6 Å². The summed E-state index contributed by atoms with van der Waals surface area (Å²) in [5, 5.41) is 6.18. The van der Waals surface area contributed by atoms with Crippen molar-refractivity contribution in [3.63, 3.8) is 0 Å². The highest BCUT2D eigenvalue weighted by Crippen LogP contribution is 2.37. The maximum Gasteiger partial charge on any atom is 0.446 e. The van der Waals surface area contributed by atoms with E-state index in [2.05, 4.69) is 27.7 Å². The number of aldehydes is 1. The van der Waals surface area contributed by atoms with Gasteiger partial charge in [0.1, 0.15) is 11.9 Å². The highest BCUT2D eigenvalue weighted by molar-refractivity contribution is 8.00. The molecule has 7 nitrogen and oxygen atoms in total. The summed E-state index contributed by atoms with van der Waals surface area (Å²) in [6, 6.07) is 12.9. The van der Waals surface area contributed by atoms with Crippen molar-refractivity contribution in [2.24, 2.45) is 0 Å². The van der Waals surface area contributed by atoms with Gasteiger partial charge in [-0.05, 0) is 73.8 Å². The molecule has 11 heteroatoms. The van der Waals surface area contributed by atoms with E-state index in [0.717, 1.165) is 70.3 Å². The first-order chi connectivity index (χ1) is 19.7. The summed E-state index contributed by atoms with van der Waals surface area (Å²) in [4.78, 5) is 37.8. The van der Waals surface area contributed by atoms with Crippen LogP contribution in [0.5, 0.6) is 0 Å². The van der Waals surface area contributed by atoms with Gasteiger partial charge in [-0.3, -0.25) is 9.59 Å². The van der Waals surface area contributed by atoms with Gasteiger partial charge in [0.2, 0.25) is 0 Å². The molecule has 0 radical (unpaired) electrons. The number of carbonyl (C=O) groups is 2. The molecule has 1 aliphatic rings. The lowest BCUT2D eigenvalue weighted by molar-refractivity contribution is -0.107. The van der Waals surface area contributed by atoms with Crippen LogP contribution in [0.2, 0.25) is 0 Å². The number of alkyl halides is 3. The van der Waals surface area contributed by atoms with Gasteiger partial charge in [-0.25, -0.2) is 0 Å². The van der Waals surface area contributed by atoms with E-state index >= 15 is 0 Å². The number of hydrogen-bond donors (Lipinski definition) is 2. The zero-order valence-corrected chi connectivity index (χ0v) is 23.3. The highest BCUT2D eigenvalue weighted by atomic mass is 32.2. The van der Waals surface area contributed by atoms with Gasteiger partial charge >= 0.3 is 5.51 Å². The van der Waals surface area contributed by atoms with Crippen molar-refractivity contribution in [3.05, 3.63) is 81.7 Å². The second kappa shape index (κ2) is 14.4. The van der Waals surface area contributed by atoms with Crippen LogP contribution in [0.3, 0.4) is 0 Å². The van der Waals surface area contributed by atoms with Gasteiger partial charge in [0, 0.05) is 49.2 Å². The lowest BCUT2D eigenvalue weighted by atomic mass is 10.0. The van der Waals surface area contributed by atoms with E-state index in [-0.39, 0.29) is 39.9 Å². The van der Waals surface area contributed by atoms with Gasteiger partial charge in [-0.15, -0.1) is 0 Å². The fraction of sp³-hybridized carbons (Fsp3) is 0.367. The number of thioether (sulfide) groups is 1. The molecular formula is C30H32F3N3O4S. The van der Waals surface area contributed by atoms with E-state index in [9.17, 15) is 27.6 Å². The van der Waals surface area contributed by atoms with Crippen LogP contribution in [0, 0.1) is 0 Å². The molecule has 2 N–H and O–H groups in total. The minimum atomic E-state index is -4.47. The second-order valence-electron chi connectivity index (χ2n) is 9.71. The number of nitrogens with one attached hydrogen (secondary N) is 2. The number of rotatable bonds is 12. The molecular weight excluding hydrogens is 555 g/mol. The molecule has 218 valence electrons. The molecule has 4 rings (SSSR count). The van der Waals surface area contributed by atoms with Crippen LogP contribution in [0.15, 0.2) is 74.3 Å². The summed E-state index contributed by atoms with van der Waals surface area (Å²) in [7, 11) is 0. The number of amides is 1. The SMILES string of the molecule is O=CCCCCNCc1ccccc1N1CCC(=CCNC(=O)c2cc(=O)c3cc(SC(F)(F)F)ccc3o2)CC1. The van der Waals surface area contributed by atoms with E-state index in [1.807, 2.05) is 18.2 Å². The zero-order chi connectivity index (χ0) is 29.2. The number of fused-ring (bicyclic) bond motifs is 1. The zero-order valence-electron chi connectivity index (χ0n) is 22.5. The topological polar surface area (TPSA) is 91.7 Å². The number of halogens is 3. The fourth-order valence-corrected chi connectivity index (χ4v) is 5.31. The molecule has 0 spiro atoms. The van der Waals surface area contributed by atoms with Crippen LogP contribution >= 0.6 is 11.8 Å². The van der Waals surface area contributed by atoms with E-state index in [0.29, 0.717) is 6.42 Å². The predicted molar refractivity (Wildman–Crippen MR) is 154 cm³/mol. The van der Waals surface area contributed by atoms with Crippen molar-refractivity contribution in [2.75, 3.05) is 31.1 Å². The third-order valence-electron chi connectivity index (χ3n) is 6.79. The molecule has 1 fully saturated rings. The Labute approximate surface area is 240 Å². The number of nitrogens with zero attached hydrogens (tertiary/aromatic N) is 1. The Balaban J connectivity index is 1.28. The van der Waals surface area contributed by atoms with Crippen LogP contribution in [0.25, 0.3) is 11.0 Å². The first-order valence-electron chi connectivity index (χ1n) is 13.5. The Morgan fingerprint density at radius 3 is 2.61 bits per heavy atom. The minimum absolute atomic E-state index is 0.0170. The van der Waals surface area contributed by atoms with Crippen molar-refractivity contribution in [3.8, 4) is 0 Å². The predicted octanol–water partition coefficient (Wildman–Crippen LogP) is 5.82. The number of unbranched alkanes of at least 4 members (excludes halogenated alkanes) is 2. The molecule has 2 heterocycles. The molecule has 1 aromatic heterocycles. The maximum atomic E-state index is 12.7. The molecule has 0 aliphatic carbocycles. The largest absolute Gasteiger partial charge is 0.451 e. The van der Waals surface area contributed by atoms with E-state index < -0.39 is 16.8 Å². The van der Waals surface area contributed by atoms with Gasteiger partial charge in [0.05, 0.1) is 5.39 Å². The quantitative estimate of drug-likeness (QED) is 0.119. The standard InChI is InChI=1S/C30H32F3N3O4S/c31-30(32,33)41-23-8-9-27-24(18-23)26(38)19-28(40-27)29(39)35-14-10-21-11-15-36(16-12-21)25-7-3-2-6-22(25)20-34-13-4-1-5-17-37/h2-3,6-10,17-19,34H,1,4-5,11-16,20H2,(H,35,39). The van der Waals surface area contributed by atoms with E-state index in [4.69, 9.17) is 4.42 Å². The van der Waals surface area contributed by atoms with Gasteiger partial charge in [-0.2, -0.15) is 13.2 Å². The summed E-state index contributed by atoms with van der Waals surface area (Å²) < 4.78 is 43.5. The maximum absolute atomic E-state index is 12.7. The van der Waals surface area contributed by atoms with Crippen LogP contribution in [0.4, 0.5) is 18.9 Å². The molecule has 2 aromatic carbocycles. The Morgan fingerprint density at radius 1 is 1.07 bits per heavy atom. The fourth-order valence-electron chi connectivity index (χ4n) is 4.73. The summed E-state index contributed by atoms with van der Waals surface area (Å²) in [6.07, 6.45) is 7.10. The van der Waals surface area contributed by atoms with Crippen LogP contribution in [0.1, 0.15) is 48.2 Å². The van der Waals surface area contributed by atoms with Gasteiger partial charge in [-0.1, -0.05) is 29.8 Å². The number of anilines is 1. The molecule has 0 bridgehead atoms. The molecule has 3 aromatic rings. The Bertz CT molecular complexity index is 1440. The lowest BCUT2D eigenvalue weighted by Gasteiger charge is -2.32. The number of para-hydroxylation sites is 1. The van der Waals surface area contributed by atoms with Crippen LogP contribution in [-0.2, 0) is 11.3 Å². The van der Waals surface area contributed by atoms with Crippen LogP contribution < -0.4 is 21.0 Å². The van der Waals surface area contributed by atoms with Gasteiger partial charge in [0.15, 0.2) is 11.2 Å². The normalized spacial score (nSPS) is 13.8. The lowest BCUT2D eigenvalue weighted by Crippen LogP contribution is -2.32. The molecule has 1 saturated heterocycles. The number of carbonyl (C=O) groups excluding carboxylic acids is 2. The summed E-state index contributed by atoms with van der Waals surface area (Å²) in [5.74, 6) is -0.763. The average Bonchev–Trinajstić information content (AvgIpc) is 2.95. The van der Waals surface area contributed by atoms with Crippen molar-refractivity contribution in [1.82, 2.24) is 10.6 Å². The Morgan fingerprint density at radius 2 is 1.85 bits per heavy atom. The summed E-state index contributed by atoms with van der Waals surface area (Å²) >= 11 is -0.316. The molecule has 0 atom stereocenters. The van der Waals surface area contributed by atoms with Crippen LogP contribution in [-0.4, -0.2) is 43.9 Å². The van der Waals surface area contributed by atoms with E-state index in [1.165, 1.54) is 29.0 Å².